The molecule has 2 atom stereocenters. The zero-order chi connectivity index (χ0) is 19.5. The van der Waals surface area contributed by atoms with Gasteiger partial charge in [-0.25, -0.2) is 4.79 Å². The number of likely N-dealkylation sites (N-methyl/N-ethyl adjacent to an activating group) is 1. The predicted molar refractivity (Wildman–Crippen MR) is 104 cm³/mol. The summed E-state index contributed by atoms with van der Waals surface area (Å²) in [7, 11) is 2.00. The number of benzene rings is 1. The van der Waals surface area contributed by atoms with Crippen LogP contribution in [0.5, 0.6) is 5.88 Å². The Kier molecular flexibility index (Phi) is 3.82. The average Bonchev–Trinajstić information content (AvgIpc) is 2.93. The van der Waals surface area contributed by atoms with E-state index in [9.17, 15) is 14.7 Å². The highest BCUT2D eigenvalue weighted by atomic mass is 16.3. The van der Waals surface area contributed by atoms with Crippen molar-refractivity contribution in [3.05, 3.63) is 61.9 Å². The Morgan fingerprint density at radius 3 is 2.59 bits per heavy atom. The highest BCUT2D eigenvalue weighted by molar-refractivity contribution is 5.85. The molecule has 2 aromatic heterocycles. The molecular formula is C20H25N4O3+. The first-order chi connectivity index (χ1) is 12.7. The van der Waals surface area contributed by atoms with E-state index in [4.69, 9.17) is 0 Å². The van der Waals surface area contributed by atoms with Crippen molar-refractivity contribution < 1.29 is 10.0 Å². The van der Waals surface area contributed by atoms with Crippen LogP contribution in [0.1, 0.15) is 43.6 Å². The minimum absolute atomic E-state index is 0.231. The Morgan fingerprint density at radius 1 is 1.19 bits per heavy atom. The number of aromatic nitrogens is 3. The summed E-state index contributed by atoms with van der Waals surface area (Å²) in [6.45, 7) is 6.29. The van der Waals surface area contributed by atoms with Crippen molar-refractivity contribution in [1.82, 2.24) is 14.5 Å². The number of H-pyrrole nitrogens is 2. The molecule has 27 heavy (non-hydrogen) atoms. The Bertz CT molecular complexity index is 1150. The lowest BCUT2D eigenvalue weighted by Crippen LogP contribution is -3.10. The maximum Gasteiger partial charge on any atom is 0.331 e. The van der Waals surface area contributed by atoms with Gasteiger partial charge in [0, 0.05) is 22.9 Å². The minimum atomic E-state index is -0.661. The molecule has 0 saturated carbocycles. The van der Waals surface area contributed by atoms with E-state index in [0.29, 0.717) is 0 Å². The summed E-state index contributed by atoms with van der Waals surface area (Å²) in [5, 5.41) is 12.1. The zero-order valence-corrected chi connectivity index (χ0v) is 16.0. The highest BCUT2D eigenvalue weighted by Gasteiger charge is 2.38. The lowest BCUT2D eigenvalue weighted by Gasteiger charge is -2.31. The molecule has 1 aromatic carbocycles. The van der Waals surface area contributed by atoms with Gasteiger partial charge in [-0.2, -0.15) is 0 Å². The van der Waals surface area contributed by atoms with Crippen LogP contribution in [0.15, 0.2) is 33.9 Å². The van der Waals surface area contributed by atoms with Crippen LogP contribution in [0, 0.1) is 0 Å². The predicted octanol–water partition coefficient (Wildman–Crippen LogP) is 0.639. The molecule has 1 aliphatic heterocycles. The van der Waals surface area contributed by atoms with Gasteiger partial charge in [0.1, 0.15) is 5.56 Å². The van der Waals surface area contributed by atoms with Gasteiger partial charge in [-0.1, -0.05) is 18.2 Å². The van der Waals surface area contributed by atoms with Crippen LogP contribution >= 0.6 is 0 Å². The fraction of sp³-hybridized carbons (Fsp3) is 0.400. The number of nitrogens with zero attached hydrogens (tertiary/aromatic N) is 1. The van der Waals surface area contributed by atoms with Crippen molar-refractivity contribution in [2.75, 3.05) is 13.6 Å². The molecule has 0 spiro atoms. The summed E-state index contributed by atoms with van der Waals surface area (Å²) in [4.78, 5) is 32.0. The van der Waals surface area contributed by atoms with E-state index < -0.39 is 16.8 Å². The smallest absolute Gasteiger partial charge is 0.331 e. The number of hydrogen-bond acceptors (Lipinski definition) is 3. The molecule has 3 heterocycles. The van der Waals surface area contributed by atoms with Gasteiger partial charge in [0.25, 0.3) is 5.56 Å². The first-order valence-electron chi connectivity index (χ1n) is 9.20. The number of aromatic amines is 2. The molecule has 0 bridgehead atoms. The van der Waals surface area contributed by atoms with E-state index in [1.54, 1.807) is 0 Å². The van der Waals surface area contributed by atoms with Crippen LogP contribution in [-0.2, 0) is 12.0 Å². The van der Waals surface area contributed by atoms with E-state index in [-0.39, 0.29) is 17.5 Å². The normalized spacial score (nSPS) is 20.0. The molecule has 0 radical (unpaired) electrons. The molecule has 142 valence electrons. The Morgan fingerprint density at radius 2 is 1.89 bits per heavy atom. The van der Waals surface area contributed by atoms with Crippen LogP contribution in [0.2, 0.25) is 0 Å². The molecule has 4 rings (SSSR count). The fourth-order valence-corrected chi connectivity index (χ4v) is 4.26. The fourth-order valence-electron chi connectivity index (χ4n) is 4.26. The molecule has 7 nitrogen and oxygen atoms in total. The van der Waals surface area contributed by atoms with Gasteiger partial charge in [-0.15, -0.1) is 0 Å². The highest BCUT2D eigenvalue weighted by Crippen LogP contribution is 2.33. The van der Waals surface area contributed by atoms with E-state index in [1.807, 2.05) is 46.0 Å². The number of fused-ring (bicyclic) bond motifs is 3. The van der Waals surface area contributed by atoms with Gasteiger partial charge in [0.15, 0.2) is 6.04 Å². The summed E-state index contributed by atoms with van der Waals surface area (Å²) in [5.74, 6) is -0.257. The second-order valence-electron chi connectivity index (χ2n) is 8.34. The van der Waals surface area contributed by atoms with Crippen LogP contribution in [0.25, 0.3) is 10.9 Å². The van der Waals surface area contributed by atoms with Crippen LogP contribution in [0.3, 0.4) is 0 Å². The molecule has 1 unspecified atom stereocenters. The lowest BCUT2D eigenvalue weighted by atomic mass is 9.93. The number of quaternary nitrogens is 1. The lowest BCUT2D eigenvalue weighted by molar-refractivity contribution is -0.908. The van der Waals surface area contributed by atoms with Gasteiger partial charge in [-0.3, -0.25) is 14.3 Å². The van der Waals surface area contributed by atoms with Gasteiger partial charge in [0.05, 0.1) is 19.3 Å². The first-order valence-corrected chi connectivity index (χ1v) is 9.20. The SMILES string of the molecule is C[NH+]1CCc2c([nH]c3ccccc23)[C@H]1c1c(O)n(C(C)(C)C)c(=O)[nH]c1=O. The number of hydrogen-bond donors (Lipinski definition) is 4. The van der Waals surface area contributed by atoms with Crippen molar-refractivity contribution in [1.29, 1.82) is 0 Å². The minimum Gasteiger partial charge on any atom is -0.494 e. The van der Waals surface area contributed by atoms with E-state index >= 15 is 0 Å². The van der Waals surface area contributed by atoms with Gasteiger partial charge >= 0.3 is 5.69 Å². The van der Waals surface area contributed by atoms with Crippen LogP contribution in [0.4, 0.5) is 0 Å². The molecule has 0 aliphatic carbocycles. The first kappa shape index (κ1) is 17.6. The Hall–Kier alpha value is -2.80. The summed E-state index contributed by atoms with van der Waals surface area (Å²) in [6.07, 6.45) is 0.888. The largest absolute Gasteiger partial charge is 0.494 e. The summed E-state index contributed by atoms with van der Waals surface area (Å²) < 4.78 is 1.26. The Balaban J connectivity index is 2.03. The quantitative estimate of drug-likeness (QED) is 0.507. The van der Waals surface area contributed by atoms with Crippen molar-refractivity contribution in [3.8, 4) is 5.88 Å². The van der Waals surface area contributed by atoms with Crippen LogP contribution in [-0.4, -0.2) is 33.2 Å². The number of rotatable bonds is 1. The number of aromatic hydroxyl groups is 1. The average molecular weight is 369 g/mol. The molecular weight excluding hydrogens is 344 g/mol. The van der Waals surface area contributed by atoms with E-state index in [0.717, 1.165) is 34.5 Å². The molecule has 0 fully saturated rings. The molecule has 3 aromatic rings. The third-order valence-electron chi connectivity index (χ3n) is 5.48. The van der Waals surface area contributed by atoms with Crippen LogP contribution < -0.4 is 16.1 Å². The van der Waals surface area contributed by atoms with Gasteiger partial charge in [-0.05, 0) is 32.4 Å². The standard InChI is InChI=1S/C20H24N4O3/c1-20(2,3)24-18(26)14(17(25)22-19(24)27)16-15-12(9-10-23(16)4)11-7-5-6-8-13(11)21-15/h5-8,16,21,26H,9-10H2,1-4H3,(H,22,25,27)/p+1/t16-/m1/s1. The maximum absolute atomic E-state index is 12.8. The molecule has 0 amide bonds. The molecule has 7 heteroatoms. The number of para-hydroxylation sites is 1. The third kappa shape index (κ3) is 2.61. The molecule has 0 saturated heterocycles. The maximum atomic E-state index is 12.8. The summed E-state index contributed by atoms with van der Waals surface area (Å²) in [6, 6.07) is 7.68. The second-order valence-corrected chi connectivity index (χ2v) is 8.34. The monoisotopic (exact) mass is 369 g/mol. The summed E-state index contributed by atoms with van der Waals surface area (Å²) >= 11 is 0. The van der Waals surface area contributed by atoms with Crippen molar-refractivity contribution in [2.24, 2.45) is 0 Å². The van der Waals surface area contributed by atoms with Crippen molar-refractivity contribution in [2.45, 2.75) is 38.8 Å². The topological polar surface area (TPSA) is 95.3 Å². The van der Waals surface area contributed by atoms with Crippen molar-refractivity contribution in [3.63, 3.8) is 0 Å². The Labute approximate surface area is 156 Å². The number of nitrogens with one attached hydrogen (secondary N) is 3. The zero-order valence-electron chi connectivity index (χ0n) is 16.0. The van der Waals surface area contributed by atoms with E-state index in [1.165, 1.54) is 10.1 Å². The molecule has 1 aliphatic rings. The van der Waals surface area contributed by atoms with Gasteiger partial charge in [0.2, 0.25) is 5.88 Å². The van der Waals surface area contributed by atoms with Gasteiger partial charge < -0.3 is 15.0 Å². The summed E-state index contributed by atoms with van der Waals surface area (Å²) in [5.41, 5.74) is 1.56. The third-order valence-corrected chi connectivity index (χ3v) is 5.48. The molecule has 4 N–H and O–H groups in total. The second kappa shape index (κ2) is 5.85. The van der Waals surface area contributed by atoms with E-state index in [2.05, 4.69) is 16.0 Å². The van der Waals surface area contributed by atoms with Crippen molar-refractivity contribution >= 4 is 10.9 Å².